The highest BCUT2D eigenvalue weighted by Gasteiger charge is 2.23. The molecule has 0 saturated carbocycles. The third-order valence-corrected chi connectivity index (χ3v) is 4.74. The average molecular weight is 351 g/mol. The van der Waals surface area contributed by atoms with Gasteiger partial charge in [0.05, 0.1) is 16.7 Å². The zero-order valence-corrected chi connectivity index (χ0v) is 14.1. The molecular formula is C15H15ClN4O2S. The zero-order valence-electron chi connectivity index (χ0n) is 12.6. The number of hydrogen-bond donors (Lipinski definition) is 1. The van der Waals surface area contributed by atoms with Crippen molar-refractivity contribution in [2.24, 2.45) is 5.14 Å². The fourth-order valence-corrected chi connectivity index (χ4v) is 3.56. The van der Waals surface area contributed by atoms with Crippen LogP contribution in [0.15, 0.2) is 41.7 Å². The van der Waals surface area contributed by atoms with Gasteiger partial charge in [0.1, 0.15) is 5.82 Å². The van der Waals surface area contributed by atoms with Crippen LogP contribution < -0.4 is 5.14 Å². The molecule has 2 aromatic heterocycles. The zero-order chi connectivity index (χ0) is 16.8. The van der Waals surface area contributed by atoms with E-state index in [1.807, 2.05) is 19.9 Å². The minimum absolute atomic E-state index is 0.0264. The highest BCUT2D eigenvalue weighted by molar-refractivity contribution is 7.89. The molecule has 2 N–H and O–H groups in total. The maximum Gasteiger partial charge on any atom is 0.255 e. The van der Waals surface area contributed by atoms with Crippen molar-refractivity contribution < 1.29 is 8.42 Å². The summed E-state index contributed by atoms with van der Waals surface area (Å²) in [5.74, 6) is 0.490. The Morgan fingerprint density at radius 3 is 2.61 bits per heavy atom. The van der Waals surface area contributed by atoms with Gasteiger partial charge in [-0.3, -0.25) is 4.98 Å². The number of imidazole rings is 1. The number of fused-ring (bicyclic) bond motifs is 1. The lowest BCUT2D eigenvalue weighted by Gasteiger charge is -2.15. The number of halogens is 1. The quantitative estimate of drug-likeness (QED) is 0.786. The molecule has 3 aromatic rings. The molecule has 3 rings (SSSR count). The fourth-order valence-electron chi connectivity index (χ4n) is 2.57. The Morgan fingerprint density at radius 2 is 1.96 bits per heavy atom. The highest BCUT2D eigenvalue weighted by atomic mass is 35.5. The molecule has 8 heteroatoms. The SMILES string of the molecule is CC(C)n1c(S(N)(=O)=O)cnc1-c1ccc(Cl)c2cccnc12. The number of nitrogens with zero attached hydrogens (tertiary/aromatic N) is 3. The summed E-state index contributed by atoms with van der Waals surface area (Å²) in [7, 11) is -3.87. The van der Waals surface area contributed by atoms with Crippen molar-refractivity contribution in [2.45, 2.75) is 24.9 Å². The summed E-state index contributed by atoms with van der Waals surface area (Å²) >= 11 is 6.21. The first kappa shape index (κ1) is 15.9. The molecule has 120 valence electrons. The molecule has 0 radical (unpaired) electrons. The second kappa shape index (κ2) is 5.59. The second-order valence-corrected chi connectivity index (χ2v) is 7.34. The minimum Gasteiger partial charge on any atom is -0.311 e. The molecule has 0 aliphatic heterocycles. The Morgan fingerprint density at radius 1 is 1.22 bits per heavy atom. The van der Waals surface area contributed by atoms with Crippen LogP contribution in [-0.2, 0) is 10.0 Å². The number of hydrogen-bond acceptors (Lipinski definition) is 4. The third-order valence-electron chi connectivity index (χ3n) is 3.53. The summed E-state index contributed by atoms with van der Waals surface area (Å²) in [6, 6.07) is 7.04. The molecule has 0 aliphatic carbocycles. The number of aromatic nitrogens is 3. The molecule has 0 bridgehead atoms. The summed E-state index contributed by atoms with van der Waals surface area (Å²) < 4.78 is 25.2. The third kappa shape index (κ3) is 2.71. The first-order chi connectivity index (χ1) is 10.8. The van der Waals surface area contributed by atoms with Crippen molar-refractivity contribution >= 4 is 32.5 Å². The molecule has 0 fully saturated rings. The maximum absolute atomic E-state index is 11.8. The Kier molecular flexibility index (Phi) is 3.87. The summed E-state index contributed by atoms with van der Waals surface area (Å²) in [5, 5.41) is 6.63. The van der Waals surface area contributed by atoms with Crippen molar-refractivity contribution in [3.8, 4) is 11.4 Å². The molecule has 0 aliphatic rings. The Hall–Kier alpha value is -1.96. The van der Waals surface area contributed by atoms with Crippen LogP contribution in [-0.4, -0.2) is 23.0 Å². The summed E-state index contributed by atoms with van der Waals surface area (Å²) in [5.41, 5.74) is 1.36. The van der Waals surface area contributed by atoms with Gasteiger partial charge in [0.2, 0.25) is 0 Å². The van der Waals surface area contributed by atoms with Gasteiger partial charge in [-0.2, -0.15) is 0 Å². The second-order valence-electron chi connectivity index (χ2n) is 5.42. The number of sulfonamides is 1. The van der Waals surface area contributed by atoms with Crippen LogP contribution in [0.25, 0.3) is 22.3 Å². The van der Waals surface area contributed by atoms with Crippen molar-refractivity contribution in [1.29, 1.82) is 0 Å². The van der Waals surface area contributed by atoms with E-state index in [1.165, 1.54) is 6.20 Å². The van der Waals surface area contributed by atoms with Crippen LogP contribution in [0.5, 0.6) is 0 Å². The molecular weight excluding hydrogens is 336 g/mol. The monoisotopic (exact) mass is 350 g/mol. The van der Waals surface area contributed by atoms with E-state index in [0.29, 0.717) is 21.9 Å². The molecule has 0 spiro atoms. The minimum atomic E-state index is -3.87. The standard InChI is InChI=1S/C15H15ClN4O2S/c1-9(2)20-13(23(17,21)22)8-19-15(20)11-5-6-12(16)10-4-3-7-18-14(10)11/h3-9H,1-2H3,(H2,17,21,22). The van der Waals surface area contributed by atoms with Gasteiger partial charge in [0.15, 0.2) is 5.03 Å². The Bertz CT molecular complexity index is 996. The predicted molar refractivity (Wildman–Crippen MR) is 89.7 cm³/mol. The van der Waals surface area contributed by atoms with Crippen molar-refractivity contribution in [3.63, 3.8) is 0 Å². The number of rotatable bonds is 3. The smallest absolute Gasteiger partial charge is 0.255 e. The van der Waals surface area contributed by atoms with Crippen LogP contribution >= 0.6 is 11.6 Å². The summed E-state index contributed by atoms with van der Waals surface area (Å²) in [6.07, 6.45) is 2.93. The van der Waals surface area contributed by atoms with Crippen LogP contribution in [0.1, 0.15) is 19.9 Å². The van der Waals surface area contributed by atoms with Gasteiger partial charge >= 0.3 is 0 Å². The van der Waals surface area contributed by atoms with Crippen molar-refractivity contribution in [1.82, 2.24) is 14.5 Å². The average Bonchev–Trinajstić information content (AvgIpc) is 2.93. The number of primary sulfonamides is 1. The van der Waals surface area contributed by atoms with Crippen LogP contribution in [0.4, 0.5) is 0 Å². The van der Waals surface area contributed by atoms with Gasteiger partial charge in [-0.25, -0.2) is 18.5 Å². The maximum atomic E-state index is 11.8. The lowest BCUT2D eigenvalue weighted by atomic mass is 10.1. The number of benzene rings is 1. The normalized spacial score (nSPS) is 12.2. The van der Waals surface area contributed by atoms with Crippen molar-refractivity contribution in [3.05, 3.63) is 41.7 Å². The number of pyridine rings is 1. The molecule has 0 amide bonds. The van der Waals surface area contributed by atoms with Crippen LogP contribution in [0, 0.1) is 0 Å². The van der Waals surface area contributed by atoms with Gasteiger partial charge in [0.25, 0.3) is 10.0 Å². The molecule has 2 heterocycles. The molecule has 0 atom stereocenters. The van der Waals surface area contributed by atoms with E-state index in [2.05, 4.69) is 9.97 Å². The predicted octanol–water partition coefficient (Wildman–Crippen LogP) is 2.98. The van der Waals surface area contributed by atoms with E-state index in [1.54, 1.807) is 29.0 Å². The molecule has 1 aromatic carbocycles. The van der Waals surface area contributed by atoms with E-state index in [-0.39, 0.29) is 11.1 Å². The largest absolute Gasteiger partial charge is 0.311 e. The first-order valence-electron chi connectivity index (χ1n) is 6.94. The van der Waals surface area contributed by atoms with Gasteiger partial charge < -0.3 is 4.57 Å². The van der Waals surface area contributed by atoms with E-state index in [0.717, 1.165) is 5.39 Å². The van der Waals surface area contributed by atoms with Crippen LogP contribution in [0.3, 0.4) is 0 Å². The molecule has 0 unspecified atom stereocenters. The lowest BCUT2D eigenvalue weighted by molar-refractivity contribution is 0.537. The topological polar surface area (TPSA) is 90.9 Å². The van der Waals surface area contributed by atoms with E-state index in [4.69, 9.17) is 16.7 Å². The van der Waals surface area contributed by atoms with Gasteiger partial charge in [-0.05, 0) is 38.1 Å². The summed E-state index contributed by atoms with van der Waals surface area (Å²) in [6.45, 7) is 3.73. The molecule has 23 heavy (non-hydrogen) atoms. The van der Waals surface area contributed by atoms with Gasteiger partial charge in [-0.15, -0.1) is 0 Å². The lowest BCUT2D eigenvalue weighted by Crippen LogP contribution is -2.19. The fraction of sp³-hybridized carbons (Fsp3) is 0.200. The van der Waals surface area contributed by atoms with E-state index >= 15 is 0 Å². The summed E-state index contributed by atoms with van der Waals surface area (Å²) in [4.78, 5) is 8.65. The van der Waals surface area contributed by atoms with Gasteiger partial charge in [0, 0.05) is 23.2 Å². The van der Waals surface area contributed by atoms with Crippen LogP contribution in [0.2, 0.25) is 5.02 Å². The Labute approximate surface area is 139 Å². The molecule has 6 nitrogen and oxygen atoms in total. The first-order valence-corrected chi connectivity index (χ1v) is 8.86. The van der Waals surface area contributed by atoms with Gasteiger partial charge in [-0.1, -0.05) is 11.6 Å². The number of nitrogens with two attached hydrogens (primary N) is 1. The molecule has 0 saturated heterocycles. The Balaban J connectivity index is 2.37. The van der Waals surface area contributed by atoms with E-state index in [9.17, 15) is 8.42 Å². The highest BCUT2D eigenvalue weighted by Crippen LogP contribution is 2.33. The van der Waals surface area contributed by atoms with Crippen molar-refractivity contribution in [2.75, 3.05) is 0 Å². The van der Waals surface area contributed by atoms with E-state index < -0.39 is 10.0 Å².